The maximum absolute atomic E-state index is 12.0. The van der Waals surface area contributed by atoms with Crippen LogP contribution in [0.15, 0.2) is 64.6 Å². The monoisotopic (exact) mass is 365 g/mol. The highest BCUT2D eigenvalue weighted by atomic mass is 35.5. The summed E-state index contributed by atoms with van der Waals surface area (Å²) in [5.41, 5.74) is 3.19. The van der Waals surface area contributed by atoms with Gasteiger partial charge in [-0.2, -0.15) is 5.10 Å². The maximum Gasteiger partial charge on any atom is 0.241 e. The predicted octanol–water partition coefficient (Wildman–Crippen LogP) is 2.16. The summed E-state index contributed by atoms with van der Waals surface area (Å²) >= 11 is 5.72. The number of benzene rings is 2. The van der Waals surface area contributed by atoms with E-state index in [1.165, 1.54) is 30.5 Å². The Morgan fingerprint density at radius 1 is 1.08 bits per heavy atom. The Morgan fingerprint density at radius 2 is 1.75 bits per heavy atom. The molecule has 2 rings (SSSR count). The minimum absolute atomic E-state index is 0.0288. The molecular weight excluding hydrogens is 350 g/mol. The summed E-state index contributed by atoms with van der Waals surface area (Å²) in [5.74, 6) is -0.388. The smallest absolute Gasteiger partial charge is 0.241 e. The summed E-state index contributed by atoms with van der Waals surface area (Å²) in [6.07, 6.45) is 1.48. The van der Waals surface area contributed by atoms with Crippen molar-refractivity contribution in [1.82, 2.24) is 10.1 Å². The number of nitrogens with zero attached hydrogens (tertiary/aromatic N) is 1. The van der Waals surface area contributed by atoms with Crippen LogP contribution >= 0.6 is 11.6 Å². The molecule has 0 fully saturated rings. The summed E-state index contributed by atoms with van der Waals surface area (Å²) in [6.45, 7) is -0.0301. The fraction of sp³-hybridized carbons (Fsp3) is 0.125. The first-order valence-corrected chi connectivity index (χ1v) is 8.96. The molecule has 0 radical (unpaired) electrons. The number of amides is 1. The fourth-order valence-electron chi connectivity index (χ4n) is 1.77. The van der Waals surface area contributed by atoms with Gasteiger partial charge in [0, 0.05) is 18.0 Å². The maximum atomic E-state index is 12.0. The summed E-state index contributed by atoms with van der Waals surface area (Å²) < 4.78 is 26.4. The standard InChI is InChI=1S/C16H16ClN3O3S/c17-14-6-8-15(9-7-14)24(22,23)19-11-10-16(21)20-18-12-13-4-2-1-3-5-13/h1-9,12,19H,10-11H2,(H,20,21)/b18-12-. The van der Waals surface area contributed by atoms with Crippen LogP contribution in [0.2, 0.25) is 5.02 Å². The van der Waals surface area contributed by atoms with Crippen LogP contribution in [0.4, 0.5) is 0 Å². The van der Waals surface area contributed by atoms with Gasteiger partial charge in [0.15, 0.2) is 0 Å². The molecule has 0 saturated carbocycles. The van der Waals surface area contributed by atoms with E-state index in [-0.39, 0.29) is 23.8 Å². The minimum Gasteiger partial charge on any atom is -0.273 e. The number of hydrogen-bond donors (Lipinski definition) is 2. The van der Waals surface area contributed by atoms with Crippen LogP contribution in [0.5, 0.6) is 0 Å². The Labute approximate surface area is 145 Å². The van der Waals surface area contributed by atoms with E-state index >= 15 is 0 Å². The molecule has 0 atom stereocenters. The molecule has 8 heteroatoms. The van der Waals surface area contributed by atoms with E-state index in [1.807, 2.05) is 30.3 Å². The molecule has 0 aliphatic rings. The van der Waals surface area contributed by atoms with Gasteiger partial charge in [0.2, 0.25) is 15.9 Å². The summed E-state index contributed by atoms with van der Waals surface area (Å²) in [6, 6.07) is 15.0. The number of hydrazone groups is 1. The van der Waals surface area contributed by atoms with Gasteiger partial charge in [-0.15, -0.1) is 0 Å². The molecular formula is C16H16ClN3O3S. The molecule has 2 N–H and O–H groups in total. The van der Waals surface area contributed by atoms with Crippen LogP contribution in [-0.2, 0) is 14.8 Å². The van der Waals surface area contributed by atoms with Gasteiger partial charge in [-0.3, -0.25) is 4.79 Å². The minimum atomic E-state index is -3.66. The molecule has 0 bridgehead atoms. The number of sulfonamides is 1. The lowest BCUT2D eigenvalue weighted by Gasteiger charge is -2.06. The van der Waals surface area contributed by atoms with Gasteiger partial charge in [0.05, 0.1) is 11.1 Å². The molecule has 0 heterocycles. The van der Waals surface area contributed by atoms with E-state index < -0.39 is 10.0 Å². The Balaban J connectivity index is 1.78. The van der Waals surface area contributed by atoms with Crippen molar-refractivity contribution in [1.29, 1.82) is 0 Å². The van der Waals surface area contributed by atoms with Crippen LogP contribution in [0.1, 0.15) is 12.0 Å². The van der Waals surface area contributed by atoms with E-state index in [4.69, 9.17) is 11.6 Å². The fourth-order valence-corrected chi connectivity index (χ4v) is 2.93. The van der Waals surface area contributed by atoms with Gasteiger partial charge in [0.25, 0.3) is 0 Å². The number of carbonyl (C=O) groups excluding carboxylic acids is 1. The van der Waals surface area contributed by atoms with Crippen LogP contribution < -0.4 is 10.1 Å². The molecule has 0 spiro atoms. The van der Waals surface area contributed by atoms with Gasteiger partial charge < -0.3 is 0 Å². The van der Waals surface area contributed by atoms with Crippen molar-refractivity contribution in [3.05, 3.63) is 65.2 Å². The normalized spacial score (nSPS) is 11.5. The van der Waals surface area contributed by atoms with Crippen LogP contribution in [-0.4, -0.2) is 27.1 Å². The third-order valence-electron chi connectivity index (χ3n) is 2.97. The second kappa shape index (κ2) is 8.58. The van der Waals surface area contributed by atoms with Crippen LogP contribution in [0.3, 0.4) is 0 Å². The van der Waals surface area contributed by atoms with Gasteiger partial charge in [-0.05, 0) is 29.8 Å². The predicted molar refractivity (Wildman–Crippen MR) is 93.4 cm³/mol. The van der Waals surface area contributed by atoms with Gasteiger partial charge in [-0.1, -0.05) is 41.9 Å². The van der Waals surface area contributed by atoms with Crippen molar-refractivity contribution < 1.29 is 13.2 Å². The molecule has 0 saturated heterocycles. The number of hydrogen-bond acceptors (Lipinski definition) is 4. The van der Waals surface area contributed by atoms with E-state index in [0.717, 1.165) is 5.56 Å². The lowest BCUT2D eigenvalue weighted by atomic mass is 10.2. The summed E-state index contributed by atoms with van der Waals surface area (Å²) in [4.78, 5) is 11.7. The lowest BCUT2D eigenvalue weighted by Crippen LogP contribution is -2.29. The topological polar surface area (TPSA) is 87.6 Å². The van der Waals surface area contributed by atoms with Crippen molar-refractivity contribution in [2.24, 2.45) is 5.10 Å². The molecule has 0 unspecified atom stereocenters. The van der Waals surface area contributed by atoms with Crippen molar-refractivity contribution in [3.63, 3.8) is 0 Å². The van der Waals surface area contributed by atoms with E-state index in [0.29, 0.717) is 5.02 Å². The molecule has 2 aromatic rings. The van der Waals surface area contributed by atoms with Crippen molar-refractivity contribution >= 4 is 33.7 Å². The highest BCUT2D eigenvalue weighted by molar-refractivity contribution is 7.89. The van der Waals surface area contributed by atoms with E-state index in [1.54, 1.807) is 0 Å². The third-order valence-corrected chi connectivity index (χ3v) is 4.70. The van der Waals surface area contributed by atoms with Crippen molar-refractivity contribution in [2.45, 2.75) is 11.3 Å². The molecule has 2 aromatic carbocycles. The zero-order valence-corrected chi connectivity index (χ0v) is 14.2. The van der Waals surface area contributed by atoms with Gasteiger partial charge >= 0.3 is 0 Å². The molecule has 0 aliphatic heterocycles. The number of carbonyl (C=O) groups is 1. The SMILES string of the molecule is O=C(CCNS(=O)(=O)c1ccc(Cl)cc1)N/N=C\c1ccccc1. The molecule has 24 heavy (non-hydrogen) atoms. The zero-order valence-electron chi connectivity index (χ0n) is 12.6. The Morgan fingerprint density at radius 3 is 2.42 bits per heavy atom. The van der Waals surface area contributed by atoms with Crippen molar-refractivity contribution in [2.75, 3.05) is 6.54 Å². The first kappa shape index (κ1) is 18.1. The molecule has 0 aromatic heterocycles. The number of nitrogens with one attached hydrogen (secondary N) is 2. The van der Waals surface area contributed by atoms with E-state index in [9.17, 15) is 13.2 Å². The van der Waals surface area contributed by atoms with Gasteiger partial charge in [-0.25, -0.2) is 18.6 Å². The van der Waals surface area contributed by atoms with Crippen molar-refractivity contribution in [3.8, 4) is 0 Å². The number of rotatable bonds is 7. The average molecular weight is 366 g/mol. The highest BCUT2D eigenvalue weighted by Gasteiger charge is 2.13. The van der Waals surface area contributed by atoms with Crippen LogP contribution in [0, 0.1) is 0 Å². The van der Waals surface area contributed by atoms with E-state index in [2.05, 4.69) is 15.2 Å². The summed E-state index contributed by atoms with van der Waals surface area (Å²) in [5, 5.41) is 4.26. The Bertz CT molecular complexity index is 806. The first-order chi connectivity index (χ1) is 11.5. The van der Waals surface area contributed by atoms with Gasteiger partial charge in [0.1, 0.15) is 0 Å². The number of halogens is 1. The highest BCUT2D eigenvalue weighted by Crippen LogP contribution is 2.13. The lowest BCUT2D eigenvalue weighted by molar-refractivity contribution is -0.120. The van der Waals surface area contributed by atoms with Crippen LogP contribution in [0.25, 0.3) is 0 Å². The molecule has 126 valence electrons. The summed E-state index contributed by atoms with van der Waals surface area (Å²) in [7, 11) is -3.66. The third kappa shape index (κ3) is 5.77. The largest absolute Gasteiger partial charge is 0.273 e. The Hall–Kier alpha value is -2.22. The molecule has 6 nitrogen and oxygen atoms in total. The molecule has 0 aliphatic carbocycles. The average Bonchev–Trinajstić information content (AvgIpc) is 2.56. The first-order valence-electron chi connectivity index (χ1n) is 7.09. The quantitative estimate of drug-likeness (QED) is 0.582. The second-order valence-electron chi connectivity index (χ2n) is 4.81. The second-order valence-corrected chi connectivity index (χ2v) is 7.01. The molecule has 1 amide bonds. The Kier molecular flexibility index (Phi) is 6.48. The zero-order chi connectivity index (χ0) is 17.4.